The third-order valence-electron chi connectivity index (χ3n) is 6.46. The van der Waals surface area contributed by atoms with Crippen LogP contribution in [0.15, 0.2) is 42.5 Å². The standard InChI is InChI=1S/C26H30Cl2FNO6S/c1-5-18(14-37(34,35)26(2,3)4)30-23(19-10-9-17(28)12-20(19)29)24(15-7-6-8-16(27)11-15)36-21(25(30)33)13-22(31)32/h6-12,18,21,23-24H,5,13-14H2,1-4H3,(H,31,32)/t18?,21-,23-,24-/m1/s1. The Morgan fingerprint density at radius 3 is 2.35 bits per heavy atom. The molecule has 1 aliphatic rings. The van der Waals surface area contributed by atoms with Gasteiger partial charge in [-0.05, 0) is 57.0 Å². The number of ether oxygens (including phenoxy) is 1. The first kappa shape index (κ1) is 29.4. The maximum Gasteiger partial charge on any atom is 0.306 e. The van der Waals surface area contributed by atoms with Crippen LogP contribution in [0.4, 0.5) is 4.39 Å². The van der Waals surface area contributed by atoms with Crippen LogP contribution in [-0.4, -0.2) is 52.9 Å². The fraction of sp³-hybridized carbons (Fsp3) is 0.462. The Labute approximate surface area is 226 Å². The summed E-state index contributed by atoms with van der Waals surface area (Å²) in [5.74, 6) is -3.10. The van der Waals surface area contributed by atoms with Gasteiger partial charge in [-0.1, -0.05) is 48.3 Å². The van der Waals surface area contributed by atoms with Gasteiger partial charge in [0.15, 0.2) is 9.84 Å². The molecular weight excluding hydrogens is 544 g/mol. The maximum atomic E-state index is 15.4. The summed E-state index contributed by atoms with van der Waals surface area (Å²) in [6.07, 6.45) is -2.89. The Morgan fingerprint density at radius 2 is 1.81 bits per heavy atom. The molecule has 3 rings (SSSR count). The molecular formula is C26H30Cl2FNO6S. The topological polar surface area (TPSA) is 101 Å². The summed E-state index contributed by atoms with van der Waals surface area (Å²) in [5, 5.41) is 9.97. The Hall–Kier alpha value is -2.20. The zero-order valence-corrected chi connectivity index (χ0v) is 23.3. The number of sulfone groups is 1. The van der Waals surface area contributed by atoms with Crippen molar-refractivity contribution in [1.82, 2.24) is 4.90 Å². The highest BCUT2D eigenvalue weighted by atomic mass is 35.5. The number of nitrogens with zero attached hydrogens (tertiary/aromatic N) is 1. The third kappa shape index (κ3) is 6.45. The average Bonchev–Trinajstić information content (AvgIpc) is 2.78. The van der Waals surface area contributed by atoms with Crippen molar-refractivity contribution < 1.29 is 32.2 Å². The lowest BCUT2D eigenvalue weighted by molar-refractivity contribution is -0.183. The van der Waals surface area contributed by atoms with Crippen molar-refractivity contribution in [1.29, 1.82) is 0 Å². The molecule has 7 nitrogen and oxygen atoms in total. The number of carboxylic acid groups (broad SMARTS) is 1. The van der Waals surface area contributed by atoms with Gasteiger partial charge in [0.1, 0.15) is 18.0 Å². The van der Waals surface area contributed by atoms with Gasteiger partial charge in [0.05, 0.1) is 23.0 Å². The third-order valence-corrected chi connectivity index (χ3v) is 9.61. The monoisotopic (exact) mass is 573 g/mol. The Balaban J connectivity index is 2.26. The highest BCUT2D eigenvalue weighted by Gasteiger charge is 2.49. The van der Waals surface area contributed by atoms with Crippen LogP contribution in [0.2, 0.25) is 10.0 Å². The van der Waals surface area contributed by atoms with Gasteiger partial charge < -0.3 is 14.7 Å². The zero-order valence-electron chi connectivity index (χ0n) is 20.9. The maximum absolute atomic E-state index is 15.4. The number of halogens is 3. The molecule has 1 saturated heterocycles. The molecule has 4 atom stereocenters. The quantitative estimate of drug-likeness (QED) is 0.440. The molecule has 0 saturated carbocycles. The molecule has 0 spiro atoms. The summed E-state index contributed by atoms with van der Waals surface area (Å²) in [6.45, 7) is 6.42. The summed E-state index contributed by atoms with van der Waals surface area (Å²) >= 11 is 12.2. The highest BCUT2D eigenvalue weighted by Crippen LogP contribution is 2.45. The molecule has 0 radical (unpaired) electrons. The first-order valence-electron chi connectivity index (χ1n) is 11.8. The summed E-state index contributed by atoms with van der Waals surface area (Å²) in [6, 6.07) is 8.54. The summed E-state index contributed by atoms with van der Waals surface area (Å²) < 4.78 is 46.7. The molecule has 1 unspecified atom stereocenters. The van der Waals surface area contributed by atoms with Crippen molar-refractivity contribution in [2.24, 2.45) is 0 Å². The normalized spacial score (nSPS) is 21.6. The SMILES string of the molecule is CCC(CS(=O)(=O)C(C)(C)C)N1C(=O)[C@@H](CC(=O)O)O[C@H](c2cccc(Cl)c2)[C@H]1c1ccc(Cl)cc1F. The molecule has 37 heavy (non-hydrogen) atoms. The van der Waals surface area contributed by atoms with Crippen LogP contribution < -0.4 is 0 Å². The number of carbonyl (C=O) groups excluding carboxylic acids is 1. The van der Waals surface area contributed by atoms with Gasteiger partial charge >= 0.3 is 5.97 Å². The molecule has 1 heterocycles. The minimum atomic E-state index is -3.72. The van der Waals surface area contributed by atoms with Gasteiger partial charge in [-0.3, -0.25) is 9.59 Å². The van der Waals surface area contributed by atoms with Crippen molar-refractivity contribution in [3.05, 3.63) is 69.5 Å². The average molecular weight is 574 g/mol. The van der Waals surface area contributed by atoms with Crippen molar-refractivity contribution in [3.63, 3.8) is 0 Å². The van der Waals surface area contributed by atoms with Crippen LogP contribution in [-0.2, 0) is 24.2 Å². The minimum absolute atomic E-state index is 0.0584. The molecule has 11 heteroatoms. The molecule has 1 aliphatic heterocycles. The second-order valence-corrected chi connectivity index (χ2v) is 13.7. The van der Waals surface area contributed by atoms with Crippen molar-refractivity contribution >= 4 is 44.9 Å². The smallest absolute Gasteiger partial charge is 0.306 e. The summed E-state index contributed by atoms with van der Waals surface area (Å²) in [5.41, 5.74) is 0.538. The van der Waals surface area contributed by atoms with E-state index in [2.05, 4.69) is 0 Å². The number of carboxylic acids is 1. The van der Waals surface area contributed by atoms with E-state index in [4.69, 9.17) is 27.9 Å². The number of morpholine rings is 1. The van der Waals surface area contributed by atoms with Gasteiger partial charge in [-0.25, -0.2) is 12.8 Å². The first-order chi connectivity index (χ1) is 17.2. The van der Waals surface area contributed by atoms with Crippen LogP contribution in [0.3, 0.4) is 0 Å². The fourth-order valence-corrected chi connectivity index (χ4v) is 6.12. The molecule has 1 fully saturated rings. The van der Waals surface area contributed by atoms with Gasteiger partial charge in [-0.2, -0.15) is 0 Å². The van der Waals surface area contributed by atoms with Gasteiger partial charge in [-0.15, -0.1) is 0 Å². The number of carbonyl (C=O) groups is 2. The Bertz CT molecular complexity index is 1280. The van der Waals surface area contributed by atoms with E-state index in [0.29, 0.717) is 10.6 Å². The van der Waals surface area contributed by atoms with Crippen molar-refractivity contribution in [3.8, 4) is 0 Å². The summed E-state index contributed by atoms with van der Waals surface area (Å²) in [7, 11) is -3.72. The molecule has 1 amide bonds. The second kappa shape index (κ2) is 11.3. The van der Waals surface area contributed by atoms with Gasteiger partial charge in [0.2, 0.25) is 0 Å². The number of hydrogen-bond acceptors (Lipinski definition) is 5. The molecule has 0 bridgehead atoms. The van der Waals surface area contributed by atoms with E-state index in [0.717, 1.165) is 6.07 Å². The van der Waals surface area contributed by atoms with E-state index >= 15 is 4.39 Å². The molecule has 2 aromatic carbocycles. The predicted molar refractivity (Wildman–Crippen MR) is 140 cm³/mol. The number of benzene rings is 2. The van der Waals surface area contributed by atoms with Crippen LogP contribution in [0.25, 0.3) is 0 Å². The van der Waals surface area contributed by atoms with E-state index in [1.807, 2.05) is 0 Å². The molecule has 202 valence electrons. The minimum Gasteiger partial charge on any atom is -0.481 e. The lowest BCUT2D eigenvalue weighted by Crippen LogP contribution is -2.57. The van der Waals surface area contributed by atoms with E-state index in [9.17, 15) is 23.1 Å². The lowest BCUT2D eigenvalue weighted by Gasteiger charge is -2.48. The number of aliphatic carboxylic acids is 1. The van der Waals surface area contributed by atoms with Crippen molar-refractivity contribution in [2.75, 3.05) is 5.75 Å². The summed E-state index contributed by atoms with van der Waals surface area (Å²) in [4.78, 5) is 26.7. The predicted octanol–water partition coefficient (Wildman–Crippen LogP) is 5.61. The van der Waals surface area contributed by atoms with Crippen molar-refractivity contribution in [2.45, 2.75) is 69.6 Å². The van der Waals surface area contributed by atoms with Crippen LogP contribution in [0, 0.1) is 5.82 Å². The Kier molecular flexibility index (Phi) is 8.94. The van der Waals surface area contributed by atoms with Crippen LogP contribution >= 0.6 is 23.2 Å². The zero-order chi connectivity index (χ0) is 27.7. The van der Waals surface area contributed by atoms with Gasteiger partial charge in [0.25, 0.3) is 5.91 Å². The molecule has 1 N–H and O–H groups in total. The number of amides is 1. The Morgan fingerprint density at radius 1 is 1.16 bits per heavy atom. The first-order valence-corrected chi connectivity index (χ1v) is 14.2. The van der Waals surface area contributed by atoms with E-state index in [1.165, 1.54) is 17.0 Å². The molecule has 0 aromatic heterocycles. The van der Waals surface area contributed by atoms with Crippen LogP contribution in [0.5, 0.6) is 0 Å². The fourth-order valence-electron chi connectivity index (χ4n) is 4.36. The second-order valence-electron chi connectivity index (χ2n) is 10.0. The lowest BCUT2D eigenvalue weighted by atomic mass is 9.89. The van der Waals surface area contributed by atoms with E-state index in [1.54, 1.807) is 52.0 Å². The number of rotatable bonds is 8. The van der Waals surface area contributed by atoms with E-state index < -0.39 is 68.7 Å². The van der Waals surface area contributed by atoms with Gasteiger partial charge in [0, 0.05) is 21.7 Å². The number of hydrogen-bond donors (Lipinski definition) is 1. The van der Waals surface area contributed by atoms with E-state index in [-0.39, 0.29) is 17.0 Å². The van der Waals surface area contributed by atoms with Crippen LogP contribution in [0.1, 0.15) is 63.8 Å². The highest BCUT2D eigenvalue weighted by molar-refractivity contribution is 7.92. The molecule has 2 aromatic rings. The molecule has 0 aliphatic carbocycles. The largest absolute Gasteiger partial charge is 0.481 e.